The molecule has 1 heterocycles. The normalized spacial score (nSPS) is 10.6. The van der Waals surface area contributed by atoms with Crippen molar-refractivity contribution in [3.63, 3.8) is 0 Å². The van der Waals surface area contributed by atoms with Gasteiger partial charge in [-0.3, -0.25) is 0 Å². The van der Waals surface area contributed by atoms with Crippen LogP contribution in [0.3, 0.4) is 0 Å². The number of anilines is 2. The summed E-state index contributed by atoms with van der Waals surface area (Å²) in [7, 11) is 2.09. The first-order valence-electron chi connectivity index (χ1n) is 5.51. The van der Waals surface area contributed by atoms with Gasteiger partial charge in [0.2, 0.25) is 0 Å². The lowest BCUT2D eigenvalue weighted by atomic mass is 10.5. The molecule has 17 heavy (non-hydrogen) atoms. The zero-order valence-corrected chi connectivity index (χ0v) is 11.3. The number of rotatable bonds is 7. The highest BCUT2D eigenvalue weighted by molar-refractivity contribution is 7.98. The largest absolute Gasteiger partial charge is 0.369 e. The summed E-state index contributed by atoms with van der Waals surface area (Å²) in [6.45, 7) is 4.99. The molecule has 0 unspecified atom stereocenters. The fraction of sp³-hybridized carbons (Fsp3) is 0.600. The molecule has 0 aliphatic heterocycles. The average molecular weight is 256 g/mol. The number of likely N-dealkylation sites (N-methyl/N-ethyl adjacent to an activating group) is 1. The SMILES string of the molecule is CCN(C)CCNc1cc(NN)nc(SC)n1. The third-order valence-electron chi connectivity index (χ3n) is 2.38. The lowest BCUT2D eigenvalue weighted by Crippen LogP contribution is -2.25. The first kappa shape index (κ1) is 14.0. The van der Waals surface area contributed by atoms with Gasteiger partial charge in [0, 0.05) is 19.2 Å². The molecule has 0 fully saturated rings. The van der Waals surface area contributed by atoms with Crippen molar-refractivity contribution in [2.75, 3.05) is 43.7 Å². The highest BCUT2D eigenvalue weighted by atomic mass is 32.2. The monoisotopic (exact) mass is 256 g/mol. The van der Waals surface area contributed by atoms with E-state index in [0.29, 0.717) is 11.0 Å². The van der Waals surface area contributed by atoms with Crippen LogP contribution in [0.4, 0.5) is 11.6 Å². The minimum absolute atomic E-state index is 0.621. The summed E-state index contributed by atoms with van der Waals surface area (Å²) < 4.78 is 0. The minimum atomic E-state index is 0.621. The van der Waals surface area contributed by atoms with Crippen molar-refractivity contribution in [2.45, 2.75) is 12.1 Å². The molecule has 0 spiro atoms. The highest BCUT2D eigenvalue weighted by Gasteiger charge is 2.03. The van der Waals surface area contributed by atoms with Gasteiger partial charge in [-0.1, -0.05) is 18.7 Å². The summed E-state index contributed by atoms with van der Waals surface area (Å²) in [5.74, 6) is 6.77. The van der Waals surface area contributed by atoms with Crippen molar-refractivity contribution < 1.29 is 0 Å². The molecule has 0 amide bonds. The molecular weight excluding hydrogens is 236 g/mol. The van der Waals surface area contributed by atoms with Crippen LogP contribution in [0.1, 0.15) is 6.92 Å². The topological polar surface area (TPSA) is 79.1 Å². The van der Waals surface area contributed by atoms with E-state index in [4.69, 9.17) is 5.84 Å². The van der Waals surface area contributed by atoms with Gasteiger partial charge in [0.05, 0.1) is 0 Å². The van der Waals surface area contributed by atoms with E-state index in [9.17, 15) is 0 Å². The van der Waals surface area contributed by atoms with Crippen molar-refractivity contribution in [1.82, 2.24) is 14.9 Å². The fourth-order valence-corrected chi connectivity index (χ4v) is 1.59. The molecule has 0 radical (unpaired) electrons. The number of nitrogen functional groups attached to an aromatic ring is 1. The highest BCUT2D eigenvalue weighted by Crippen LogP contribution is 2.16. The van der Waals surface area contributed by atoms with Crippen LogP contribution in [0.15, 0.2) is 11.2 Å². The summed E-state index contributed by atoms with van der Waals surface area (Å²) in [5.41, 5.74) is 2.54. The Morgan fingerprint density at radius 1 is 1.41 bits per heavy atom. The summed E-state index contributed by atoms with van der Waals surface area (Å²) in [6.07, 6.45) is 1.93. The maximum Gasteiger partial charge on any atom is 0.191 e. The number of nitrogens with zero attached hydrogens (tertiary/aromatic N) is 3. The Labute approximate surface area is 106 Å². The van der Waals surface area contributed by atoms with Crippen molar-refractivity contribution in [3.05, 3.63) is 6.07 Å². The zero-order chi connectivity index (χ0) is 12.7. The molecule has 7 heteroatoms. The van der Waals surface area contributed by atoms with Crippen molar-refractivity contribution >= 4 is 23.4 Å². The van der Waals surface area contributed by atoms with Gasteiger partial charge in [-0.2, -0.15) is 0 Å². The molecule has 4 N–H and O–H groups in total. The fourth-order valence-electron chi connectivity index (χ4n) is 1.21. The Balaban J connectivity index is 2.57. The number of nitrogens with two attached hydrogens (primary N) is 1. The molecular formula is C10H20N6S. The number of hydrogen-bond acceptors (Lipinski definition) is 7. The van der Waals surface area contributed by atoms with E-state index in [-0.39, 0.29) is 0 Å². The van der Waals surface area contributed by atoms with Crippen LogP contribution in [0.25, 0.3) is 0 Å². The predicted molar refractivity (Wildman–Crippen MR) is 73.3 cm³/mol. The summed E-state index contributed by atoms with van der Waals surface area (Å²) >= 11 is 1.49. The molecule has 1 aromatic heterocycles. The van der Waals surface area contributed by atoms with Gasteiger partial charge in [-0.25, -0.2) is 15.8 Å². The van der Waals surface area contributed by atoms with Crippen LogP contribution in [0.2, 0.25) is 0 Å². The summed E-state index contributed by atoms with van der Waals surface area (Å²) in [5, 5.41) is 3.96. The molecule has 6 nitrogen and oxygen atoms in total. The third kappa shape index (κ3) is 4.76. The van der Waals surface area contributed by atoms with Crippen LogP contribution >= 0.6 is 11.8 Å². The number of hydrogen-bond donors (Lipinski definition) is 3. The molecule has 0 bridgehead atoms. The number of aromatic nitrogens is 2. The summed E-state index contributed by atoms with van der Waals surface area (Å²) in [4.78, 5) is 10.8. The van der Waals surface area contributed by atoms with Crippen LogP contribution < -0.4 is 16.6 Å². The van der Waals surface area contributed by atoms with E-state index in [2.05, 4.69) is 39.6 Å². The molecule has 96 valence electrons. The van der Waals surface area contributed by atoms with Crippen molar-refractivity contribution in [2.24, 2.45) is 5.84 Å². The lowest BCUT2D eigenvalue weighted by Gasteiger charge is -2.14. The molecule has 0 saturated carbocycles. The average Bonchev–Trinajstić information content (AvgIpc) is 2.37. The standard InChI is InChI=1S/C10H20N6S/c1-4-16(2)6-5-12-8-7-9(15-11)14-10(13-8)17-3/h7H,4-6,11H2,1-3H3,(H2,12,13,14,15). The lowest BCUT2D eigenvalue weighted by molar-refractivity contribution is 0.367. The minimum Gasteiger partial charge on any atom is -0.369 e. The maximum atomic E-state index is 5.36. The van der Waals surface area contributed by atoms with Gasteiger partial charge in [-0.05, 0) is 19.8 Å². The Morgan fingerprint density at radius 3 is 2.71 bits per heavy atom. The Morgan fingerprint density at radius 2 is 2.12 bits per heavy atom. The Hall–Kier alpha value is -1.05. The van der Waals surface area contributed by atoms with Gasteiger partial charge in [0.15, 0.2) is 5.16 Å². The smallest absolute Gasteiger partial charge is 0.191 e. The Kier molecular flexibility index (Phi) is 6.03. The molecule has 0 aromatic carbocycles. The van der Waals surface area contributed by atoms with E-state index in [1.165, 1.54) is 11.8 Å². The second-order valence-electron chi connectivity index (χ2n) is 3.59. The molecule has 0 aliphatic carbocycles. The van der Waals surface area contributed by atoms with E-state index >= 15 is 0 Å². The molecule has 1 aromatic rings. The van der Waals surface area contributed by atoms with E-state index in [1.54, 1.807) is 6.07 Å². The van der Waals surface area contributed by atoms with Crippen LogP contribution in [0, 0.1) is 0 Å². The van der Waals surface area contributed by atoms with E-state index < -0.39 is 0 Å². The number of nitrogens with one attached hydrogen (secondary N) is 2. The third-order valence-corrected chi connectivity index (χ3v) is 2.92. The summed E-state index contributed by atoms with van der Waals surface area (Å²) in [6, 6.07) is 1.80. The second kappa shape index (κ2) is 7.31. The van der Waals surface area contributed by atoms with Gasteiger partial charge < -0.3 is 15.6 Å². The molecule has 0 aliphatic rings. The second-order valence-corrected chi connectivity index (χ2v) is 4.37. The quantitative estimate of drug-likeness (QED) is 0.289. The van der Waals surface area contributed by atoms with Crippen molar-refractivity contribution in [1.29, 1.82) is 0 Å². The number of hydrazine groups is 1. The maximum absolute atomic E-state index is 5.36. The zero-order valence-electron chi connectivity index (χ0n) is 10.5. The van der Waals surface area contributed by atoms with Gasteiger partial charge in [0.1, 0.15) is 11.6 Å². The van der Waals surface area contributed by atoms with Crippen LogP contribution in [0.5, 0.6) is 0 Å². The first-order valence-corrected chi connectivity index (χ1v) is 6.74. The van der Waals surface area contributed by atoms with Crippen LogP contribution in [-0.4, -0.2) is 47.8 Å². The molecule has 1 rings (SSSR count). The van der Waals surface area contributed by atoms with Crippen molar-refractivity contribution in [3.8, 4) is 0 Å². The van der Waals surface area contributed by atoms with Gasteiger partial charge in [0.25, 0.3) is 0 Å². The molecule has 0 atom stereocenters. The Bertz CT molecular complexity index is 323. The molecule has 0 saturated heterocycles. The first-order chi connectivity index (χ1) is 8.19. The van der Waals surface area contributed by atoms with Crippen LogP contribution in [-0.2, 0) is 0 Å². The van der Waals surface area contributed by atoms with Gasteiger partial charge >= 0.3 is 0 Å². The predicted octanol–water partition coefficient (Wildman–Crippen LogP) is 0.848. The van der Waals surface area contributed by atoms with E-state index in [1.807, 2.05) is 6.26 Å². The number of thioether (sulfide) groups is 1. The van der Waals surface area contributed by atoms with E-state index in [0.717, 1.165) is 25.5 Å². The van der Waals surface area contributed by atoms with Gasteiger partial charge in [-0.15, -0.1) is 0 Å².